The molecule has 0 aliphatic heterocycles. The maximum atomic E-state index is 11.2. The molecule has 0 heterocycles. The van der Waals surface area contributed by atoms with Crippen LogP contribution < -0.4 is 10.6 Å². The van der Waals surface area contributed by atoms with Crippen molar-refractivity contribution in [2.45, 2.75) is 19.4 Å². The second-order valence-corrected chi connectivity index (χ2v) is 3.90. The van der Waals surface area contributed by atoms with Gasteiger partial charge in [0.25, 0.3) is 0 Å². The summed E-state index contributed by atoms with van der Waals surface area (Å²) < 4.78 is 0. The molecule has 3 atom stereocenters. The van der Waals surface area contributed by atoms with E-state index in [0.717, 1.165) is 6.42 Å². The normalized spacial score (nSPS) is 25.5. The quantitative estimate of drug-likeness (QED) is 0.492. The zero-order chi connectivity index (χ0) is 11.4. The topological polar surface area (TPSA) is 98.7 Å². The molecule has 2 amide bonds. The SMILES string of the molecule is CC1CC1CNC(=O)NC(CO)C(=O)O. The summed E-state index contributed by atoms with van der Waals surface area (Å²) in [6.07, 6.45) is 1.10. The van der Waals surface area contributed by atoms with Crippen molar-refractivity contribution in [1.82, 2.24) is 10.6 Å². The highest BCUT2D eigenvalue weighted by Crippen LogP contribution is 2.36. The van der Waals surface area contributed by atoms with Gasteiger partial charge in [0.05, 0.1) is 6.61 Å². The minimum atomic E-state index is -1.24. The molecular formula is C9H16N2O4. The number of carboxylic acid groups (broad SMARTS) is 1. The number of carboxylic acids is 1. The van der Waals surface area contributed by atoms with E-state index >= 15 is 0 Å². The van der Waals surface area contributed by atoms with Crippen molar-refractivity contribution in [1.29, 1.82) is 0 Å². The molecule has 0 aromatic rings. The number of hydrogen-bond acceptors (Lipinski definition) is 3. The molecule has 1 aliphatic rings. The number of carbonyl (C=O) groups is 2. The summed E-state index contributed by atoms with van der Waals surface area (Å²) in [4.78, 5) is 21.6. The molecule has 1 fully saturated rings. The second-order valence-electron chi connectivity index (χ2n) is 3.90. The Hall–Kier alpha value is -1.30. The van der Waals surface area contributed by atoms with Crippen LogP contribution in [0.5, 0.6) is 0 Å². The maximum absolute atomic E-state index is 11.2. The molecule has 6 heteroatoms. The first-order valence-electron chi connectivity index (χ1n) is 4.92. The first kappa shape index (κ1) is 11.8. The van der Waals surface area contributed by atoms with E-state index in [-0.39, 0.29) is 0 Å². The van der Waals surface area contributed by atoms with Crippen LogP contribution in [0.3, 0.4) is 0 Å². The number of carbonyl (C=O) groups excluding carboxylic acids is 1. The summed E-state index contributed by atoms with van der Waals surface area (Å²) in [6.45, 7) is 2.05. The molecule has 15 heavy (non-hydrogen) atoms. The monoisotopic (exact) mass is 216 g/mol. The number of aliphatic carboxylic acids is 1. The Morgan fingerprint density at radius 2 is 2.13 bits per heavy atom. The Kier molecular flexibility index (Phi) is 3.90. The minimum absolute atomic E-state index is 0.508. The van der Waals surface area contributed by atoms with E-state index in [2.05, 4.69) is 17.6 Å². The molecule has 0 aromatic heterocycles. The maximum Gasteiger partial charge on any atom is 0.328 e. The van der Waals surface area contributed by atoms with Gasteiger partial charge in [-0.1, -0.05) is 6.92 Å². The van der Waals surface area contributed by atoms with Crippen molar-refractivity contribution >= 4 is 12.0 Å². The van der Waals surface area contributed by atoms with Crippen LogP contribution in [0, 0.1) is 11.8 Å². The van der Waals surface area contributed by atoms with Crippen molar-refractivity contribution in [3.8, 4) is 0 Å². The Bertz CT molecular complexity index is 256. The summed E-state index contributed by atoms with van der Waals surface area (Å²) in [6, 6.07) is -1.78. The van der Waals surface area contributed by atoms with Crippen molar-refractivity contribution in [2.75, 3.05) is 13.2 Å². The van der Waals surface area contributed by atoms with Crippen LogP contribution in [-0.4, -0.2) is 41.4 Å². The number of aliphatic hydroxyl groups excluding tert-OH is 1. The van der Waals surface area contributed by atoms with Gasteiger partial charge in [0.2, 0.25) is 0 Å². The number of nitrogens with one attached hydrogen (secondary N) is 2. The first-order valence-corrected chi connectivity index (χ1v) is 4.92. The van der Waals surface area contributed by atoms with Gasteiger partial charge >= 0.3 is 12.0 Å². The largest absolute Gasteiger partial charge is 0.480 e. The Labute approximate surface area is 87.7 Å². The van der Waals surface area contributed by atoms with Gasteiger partial charge in [-0.05, 0) is 18.3 Å². The predicted molar refractivity (Wildman–Crippen MR) is 52.3 cm³/mol. The van der Waals surface area contributed by atoms with Gasteiger partial charge in [-0.3, -0.25) is 0 Å². The lowest BCUT2D eigenvalue weighted by Crippen LogP contribution is -2.48. The summed E-state index contributed by atoms with van der Waals surface area (Å²) >= 11 is 0. The molecule has 1 saturated carbocycles. The predicted octanol–water partition coefficient (Wildman–Crippen LogP) is -0.613. The van der Waals surface area contributed by atoms with E-state index in [0.29, 0.717) is 18.4 Å². The standard InChI is InChI=1S/C9H16N2O4/c1-5-2-6(5)3-10-9(15)11-7(4-12)8(13)14/h5-7,12H,2-4H2,1H3,(H,13,14)(H2,10,11,15). The molecule has 1 rings (SSSR count). The Morgan fingerprint density at radius 3 is 2.53 bits per heavy atom. The molecule has 3 unspecified atom stereocenters. The van der Waals surface area contributed by atoms with Crippen LogP contribution in [-0.2, 0) is 4.79 Å². The van der Waals surface area contributed by atoms with Crippen LogP contribution in [0.15, 0.2) is 0 Å². The van der Waals surface area contributed by atoms with E-state index in [1.54, 1.807) is 0 Å². The summed E-state index contributed by atoms with van der Waals surface area (Å²) in [5.41, 5.74) is 0. The third-order valence-corrected chi connectivity index (χ3v) is 2.59. The fourth-order valence-electron chi connectivity index (χ4n) is 1.30. The van der Waals surface area contributed by atoms with E-state index < -0.39 is 24.6 Å². The number of urea groups is 1. The third-order valence-electron chi connectivity index (χ3n) is 2.59. The molecular weight excluding hydrogens is 200 g/mol. The van der Waals surface area contributed by atoms with Crippen molar-refractivity contribution in [3.63, 3.8) is 0 Å². The highest BCUT2D eigenvalue weighted by Gasteiger charge is 2.32. The minimum Gasteiger partial charge on any atom is -0.480 e. The van der Waals surface area contributed by atoms with E-state index in [1.807, 2.05) is 0 Å². The van der Waals surface area contributed by atoms with Crippen LogP contribution in [0.1, 0.15) is 13.3 Å². The van der Waals surface area contributed by atoms with Crippen molar-refractivity contribution in [3.05, 3.63) is 0 Å². The zero-order valence-corrected chi connectivity index (χ0v) is 8.56. The van der Waals surface area contributed by atoms with Gasteiger partial charge in [0.1, 0.15) is 0 Å². The molecule has 0 radical (unpaired) electrons. The smallest absolute Gasteiger partial charge is 0.328 e. The molecule has 0 bridgehead atoms. The van der Waals surface area contributed by atoms with Gasteiger partial charge in [-0.25, -0.2) is 9.59 Å². The number of amides is 2. The summed E-state index contributed by atoms with van der Waals surface area (Å²) in [5.74, 6) is -0.0981. The number of hydrogen-bond donors (Lipinski definition) is 4. The first-order chi connectivity index (χ1) is 7.04. The summed E-state index contributed by atoms with van der Waals surface area (Å²) in [7, 11) is 0. The van der Waals surface area contributed by atoms with Gasteiger partial charge in [-0.2, -0.15) is 0 Å². The second kappa shape index (κ2) is 4.97. The van der Waals surface area contributed by atoms with Gasteiger partial charge in [0, 0.05) is 6.54 Å². The lowest BCUT2D eigenvalue weighted by molar-refractivity contribution is -0.140. The molecule has 0 aromatic carbocycles. The van der Waals surface area contributed by atoms with Crippen molar-refractivity contribution < 1.29 is 19.8 Å². The van der Waals surface area contributed by atoms with Gasteiger partial charge in [0.15, 0.2) is 6.04 Å². The van der Waals surface area contributed by atoms with Gasteiger partial charge < -0.3 is 20.8 Å². The number of rotatable bonds is 5. The highest BCUT2D eigenvalue weighted by atomic mass is 16.4. The van der Waals surface area contributed by atoms with Crippen LogP contribution in [0.2, 0.25) is 0 Å². The fraction of sp³-hybridized carbons (Fsp3) is 0.778. The zero-order valence-electron chi connectivity index (χ0n) is 8.56. The number of aliphatic hydroxyl groups is 1. The van der Waals surface area contributed by atoms with Crippen LogP contribution in [0.25, 0.3) is 0 Å². The van der Waals surface area contributed by atoms with Gasteiger partial charge in [-0.15, -0.1) is 0 Å². The molecule has 0 spiro atoms. The molecule has 6 nitrogen and oxygen atoms in total. The van der Waals surface area contributed by atoms with E-state index in [1.165, 1.54) is 0 Å². The van der Waals surface area contributed by atoms with E-state index in [9.17, 15) is 9.59 Å². The molecule has 86 valence electrons. The van der Waals surface area contributed by atoms with Crippen LogP contribution in [0.4, 0.5) is 4.79 Å². The lowest BCUT2D eigenvalue weighted by atomic mass is 10.3. The lowest BCUT2D eigenvalue weighted by Gasteiger charge is -2.12. The van der Waals surface area contributed by atoms with E-state index in [4.69, 9.17) is 10.2 Å². The molecule has 1 aliphatic carbocycles. The average molecular weight is 216 g/mol. The highest BCUT2D eigenvalue weighted by molar-refractivity contribution is 5.82. The third kappa shape index (κ3) is 3.75. The molecule has 4 N–H and O–H groups in total. The molecule has 0 saturated heterocycles. The fourth-order valence-corrected chi connectivity index (χ4v) is 1.30. The van der Waals surface area contributed by atoms with Crippen LogP contribution >= 0.6 is 0 Å². The Balaban J connectivity index is 2.19. The summed E-state index contributed by atoms with van der Waals surface area (Å²) in [5, 5.41) is 21.9. The average Bonchev–Trinajstić information content (AvgIpc) is 2.87. The van der Waals surface area contributed by atoms with Crippen molar-refractivity contribution in [2.24, 2.45) is 11.8 Å². The Morgan fingerprint density at radius 1 is 1.53 bits per heavy atom.